The van der Waals surface area contributed by atoms with Crippen LogP contribution in [0.5, 0.6) is 0 Å². The van der Waals surface area contributed by atoms with Gasteiger partial charge in [-0.3, -0.25) is 4.79 Å². The monoisotopic (exact) mass is 403 g/mol. The average molecular weight is 403 g/mol. The lowest BCUT2D eigenvalue weighted by Crippen LogP contribution is -2.26. The number of nitrogens with one attached hydrogen (secondary N) is 2. The van der Waals surface area contributed by atoms with Crippen molar-refractivity contribution in [3.63, 3.8) is 0 Å². The molecular weight excluding hydrogens is 382 g/mol. The number of aryl methyl sites for hydroxylation is 3. The fourth-order valence-corrected chi connectivity index (χ4v) is 3.40. The van der Waals surface area contributed by atoms with Gasteiger partial charge in [0.25, 0.3) is 5.91 Å². The van der Waals surface area contributed by atoms with Crippen LogP contribution in [0.4, 0.5) is 5.82 Å². The summed E-state index contributed by atoms with van der Waals surface area (Å²) in [6.07, 6.45) is -1.15. The molecule has 1 atom stereocenters. The smallest absolute Gasteiger partial charge is 0.355 e. The number of benzene rings is 2. The standard InChI is InChI=1S/C23H21N3O4/c1-13-9-14(2)17-12-19(24-18(17)10-13)23(28)29-21(16-7-5-4-6-8-16)22(27)25-20-11-15(3)30-26-20/h4-12,21,24H,1-3H3,(H,25,26,27)/t21-/m0/s1. The van der Waals surface area contributed by atoms with Crippen LogP contribution in [-0.4, -0.2) is 22.0 Å². The van der Waals surface area contributed by atoms with E-state index in [4.69, 9.17) is 9.26 Å². The number of hydrogen-bond donors (Lipinski definition) is 2. The molecule has 0 aliphatic rings. The lowest BCUT2D eigenvalue weighted by molar-refractivity contribution is -0.125. The molecule has 7 heteroatoms. The third kappa shape index (κ3) is 3.96. The van der Waals surface area contributed by atoms with Gasteiger partial charge in [0.15, 0.2) is 5.82 Å². The summed E-state index contributed by atoms with van der Waals surface area (Å²) in [5.41, 5.74) is 3.82. The minimum Gasteiger partial charge on any atom is -0.443 e. The topological polar surface area (TPSA) is 97.2 Å². The fourth-order valence-electron chi connectivity index (χ4n) is 3.40. The number of rotatable bonds is 5. The van der Waals surface area contributed by atoms with Crippen molar-refractivity contribution in [1.82, 2.24) is 10.1 Å². The number of fused-ring (bicyclic) bond motifs is 1. The quantitative estimate of drug-likeness (QED) is 0.474. The Morgan fingerprint density at radius 3 is 2.53 bits per heavy atom. The van der Waals surface area contributed by atoms with Crippen LogP contribution in [0.25, 0.3) is 10.9 Å². The van der Waals surface area contributed by atoms with Crippen molar-refractivity contribution in [3.8, 4) is 0 Å². The van der Waals surface area contributed by atoms with Crippen LogP contribution in [0.15, 0.2) is 59.1 Å². The summed E-state index contributed by atoms with van der Waals surface area (Å²) in [7, 11) is 0. The maximum atomic E-state index is 12.9. The molecule has 4 rings (SSSR count). The van der Waals surface area contributed by atoms with Gasteiger partial charge in [0.2, 0.25) is 6.10 Å². The van der Waals surface area contributed by atoms with Gasteiger partial charge in [-0.05, 0) is 44.0 Å². The van der Waals surface area contributed by atoms with E-state index >= 15 is 0 Å². The zero-order valence-corrected chi connectivity index (χ0v) is 16.9. The van der Waals surface area contributed by atoms with E-state index in [0.717, 1.165) is 22.0 Å². The molecule has 7 nitrogen and oxygen atoms in total. The van der Waals surface area contributed by atoms with Crippen molar-refractivity contribution in [3.05, 3.63) is 82.7 Å². The molecule has 0 fully saturated rings. The number of carbonyl (C=O) groups excluding carboxylic acids is 2. The molecule has 30 heavy (non-hydrogen) atoms. The summed E-state index contributed by atoms with van der Waals surface area (Å²) in [6, 6.07) is 16.2. The average Bonchev–Trinajstić information content (AvgIpc) is 3.32. The highest BCUT2D eigenvalue weighted by Gasteiger charge is 2.27. The Labute approximate surface area is 173 Å². The highest BCUT2D eigenvalue weighted by molar-refractivity contribution is 5.99. The third-order valence-electron chi connectivity index (χ3n) is 4.75. The van der Waals surface area contributed by atoms with E-state index in [2.05, 4.69) is 15.5 Å². The SMILES string of the molecule is Cc1cc(C)c2cc(C(=O)O[C@H](C(=O)Nc3cc(C)on3)c3ccccc3)[nH]c2c1. The van der Waals surface area contributed by atoms with E-state index < -0.39 is 18.0 Å². The van der Waals surface area contributed by atoms with E-state index in [1.165, 1.54) is 0 Å². The molecule has 0 aliphatic carbocycles. The molecule has 4 aromatic rings. The summed E-state index contributed by atoms with van der Waals surface area (Å²) in [5, 5.41) is 7.33. The van der Waals surface area contributed by atoms with Gasteiger partial charge in [-0.15, -0.1) is 0 Å². The van der Waals surface area contributed by atoms with Gasteiger partial charge in [-0.1, -0.05) is 41.6 Å². The first-order valence-electron chi connectivity index (χ1n) is 9.51. The number of esters is 1. The fraction of sp³-hybridized carbons (Fsp3) is 0.174. The van der Waals surface area contributed by atoms with Gasteiger partial charge in [0.05, 0.1) is 0 Å². The summed E-state index contributed by atoms with van der Waals surface area (Å²) in [4.78, 5) is 28.9. The summed E-state index contributed by atoms with van der Waals surface area (Å²) >= 11 is 0. The second-order valence-corrected chi connectivity index (χ2v) is 7.23. The van der Waals surface area contributed by atoms with E-state index in [-0.39, 0.29) is 11.5 Å². The first-order chi connectivity index (χ1) is 14.4. The lowest BCUT2D eigenvalue weighted by Gasteiger charge is -2.16. The molecule has 0 aliphatic heterocycles. The van der Waals surface area contributed by atoms with Gasteiger partial charge in [-0.25, -0.2) is 4.79 Å². The van der Waals surface area contributed by atoms with Crippen LogP contribution >= 0.6 is 0 Å². The molecule has 0 saturated carbocycles. The summed E-state index contributed by atoms with van der Waals surface area (Å²) in [5.74, 6) is -0.330. The Morgan fingerprint density at radius 2 is 1.83 bits per heavy atom. The number of ether oxygens (including phenoxy) is 1. The Kier molecular flexibility index (Phi) is 5.10. The molecule has 2 aromatic carbocycles. The van der Waals surface area contributed by atoms with Gasteiger partial charge >= 0.3 is 5.97 Å². The Hall–Kier alpha value is -3.87. The van der Waals surface area contributed by atoms with Crippen LogP contribution in [-0.2, 0) is 9.53 Å². The molecule has 1 amide bonds. The maximum absolute atomic E-state index is 12.9. The molecule has 0 spiro atoms. The van der Waals surface area contributed by atoms with Crippen molar-refractivity contribution in [1.29, 1.82) is 0 Å². The number of carbonyl (C=O) groups is 2. The summed E-state index contributed by atoms with van der Waals surface area (Å²) < 4.78 is 10.6. The van der Waals surface area contributed by atoms with E-state index in [1.807, 2.05) is 32.0 Å². The van der Waals surface area contributed by atoms with Crippen molar-refractivity contribution in [2.75, 3.05) is 5.32 Å². The van der Waals surface area contributed by atoms with Gasteiger partial charge < -0.3 is 19.6 Å². The zero-order chi connectivity index (χ0) is 21.3. The third-order valence-corrected chi connectivity index (χ3v) is 4.75. The molecule has 0 unspecified atom stereocenters. The van der Waals surface area contributed by atoms with Crippen LogP contribution in [0.3, 0.4) is 0 Å². The largest absolute Gasteiger partial charge is 0.443 e. The van der Waals surface area contributed by atoms with E-state index in [1.54, 1.807) is 43.3 Å². The number of nitrogens with zero attached hydrogens (tertiary/aromatic N) is 1. The Bertz CT molecular complexity index is 1220. The van der Waals surface area contributed by atoms with Crippen LogP contribution in [0.1, 0.15) is 39.0 Å². The molecule has 0 bridgehead atoms. The van der Waals surface area contributed by atoms with Crippen molar-refractivity contribution < 1.29 is 18.8 Å². The zero-order valence-electron chi connectivity index (χ0n) is 16.9. The van der Waals surface area contributed by atoms with Gasteiger partial charge in [-0.2, -0.15) is 0 Å². The van der Waals surface area contributed by atoms with Gasteiger partial charge in [0.1, 0.15) is 11.5 Å². The molecule has 2 heterocycles. The van der Waals surface area contributed by atoms with Crippen molar-refractivity contribution in [2.45, 2.75) is 26.9 Å². The predicted molar refractivity (Wildman–Crippen MR) is 112 cm³/mol. The predicted octanol–water partition coefficient (Wildman–Crippen LogP) is 4.62. The van der Waals surface area contributed by atoms with Crippen molar-refractivity contribution in [2.24, 2.45) is 0 Å². The maximum Gasteiger partial charge on any atom is 0.355 e. The number of H-pyrrole nitrogens is 1. The number of anilines is 1. The highest BCUT2D eigenvalue weighted by Crippen LogP contribution is 2.25. The van der Waals surface area contributed by atoms with Crippen LogP contribution < -0.4 is 5.32 Å². The van der Waals surface area contributed by atoms with Crippen molar-refractivity contribution >= 4 is 28.6 Å². The minimum absolute atomic E-state index is 0.256. The van der Waals surface area contributed by atoms with Crippen LogP contribution in [0, 0.1) is 20.8 Å². The molecule has 2 aromatic heterocycles. The molecule has 0 saturated heterocycles. The summed E-state index contributed by atoms with van der Waals surface area (Å²) in [6.45, 7) is 5.70. The Morgan fingerprint density at radius 1 is 1.07 bits per heavy atom. The minimum atomic E-state index is -1.15. The van der Waals surface area contributed by atoms with Crippen LogP contribution in [0.2, 0.25) is 0 Å². The van der Waals surface area contributed by atoms with E-state index in [9.17, 15) is 9.59 Å². The lowest BCUT2D eigenvalue weighted by atomic mass is 10.1. The second-order valence-electron chi connectivity index (χ2n) is 7.23. The molecule has 2 N–H and O–H groups in total. The number of aromatic amines is 1. The first-order valence-corrected chi connectivity index (χ1v) is 9.51. The normalized spacial score (nSPS) is 12.0. The molecular formula is C23H21N3O4. The second kappa shape index (κ2) is 7.87. The Balaban J connectivity index is 1.62. The molecule has 152 valence electrons. The number of amides is 1. The first kappa shape index (κ1) is 19.4. The highest BCUT2D eigenvalue weighted by atomic mass is 16.5. The number of aromatic nitrogens is 2. The molecule has 0 radical (unpaired) electrons. The van der Waals surface area contributed by atoms with Gasteiger partial charge in [0, 0.05) is 22.5 Å². The van der Waals surface area contributed by atoms with E-state index in [0.29, 0.717) is 11.3 Å². The number of hydrogen-bond acceptors (Lipinski definition) is 5.